The zero-order valence-corrected chi connectivity index (χ0v) is 54.1. The van der Waals surface area contributed by atoms with Gasteiger partial charge in [0.1, 0.15) is 59.9 Å². The summed E-state index contributed by atoms with van der Waals surface area (Å²) in [5.74, 6) is -4.58. The Morgan fingerprint density at radius 1 is 0.747 bits per heavy atom. The summed E-state index contributed by atoms with van der Waals surface area (Å²) in [4.78, 5) is 95.5. The average molecular weight is 1210 g/mol. The molecule has 83 heavy (non-hydrogen) atoms. The first-order valence-corrected chi connectivity index (χ1v) is 34.2. The van der Waals surface area contributed by atoms with Gasteiger partial charge in [-0.25, -0.2) is 14.4 Å². The average Bonchev–Trinajstić information content (AvgIpc) is 3.18. The quantitative estimate of drug-likeness (QED) is 0.0183. The molecule has 27 heteroatoms. The number of aliphatic hydroxyl groups is 2. The van der Waals surface area contributed by atoms with Crippen LogP contribution in [0.2, 0.25) is 36.3 Å². The summed E-state index contributed by atoms with van der Waals surface area (Å²) in [6, 6.07) is 1.56. The summed E-state index contributed by atoms with van der Waals surface area (Å²) < 4.78 is 34.9. The maximum absolute atomic E-state index is 14.7. The lowest BCUT2D eigenvalue weighted by atomic mass is 9.98. The Bertz CT molecular complexity index is 2630. The van der Waals surface area contributed by atoms with E-state index in [9.17, 15) is 48.9 Å². The van der Waals surface area contributed by atoms with Crippen molar-refractivity contribution >= 4 is 52.4 Å². The number of aliphatic carboxylic acids is 1. The molecule has 12 N–H and O–H groups in total. The number of hydrogen-bond donors (Lipinski definition) is 11. The molecule has 25 nitrogen and oxygen atoms in total. The molecule has 1 saturated heterocycles. The topological polar surface area (TPSA) is 358 Å². The van der Waals surface area contributed by atoms with Crippen molar-refractivity contribution in [1.82, 2.24) is 41.0 Å². The number of aliphatic hydroxyl groups excluding tert-OH is 2. The fourth-order valence-corrected chi connectivity index (χ4v) is 11.0. The van der Waals surface area contributed by atoms with E-state index in [0.29, 0.717) is 11.3 Å². The summed E-state index contributed by atoms with van der Waals surface area (Å²) in [7, 11) is -4.14. The van der Waals surface area contributed by atoms with Crippen LogP contribution in [0.25, 0.3) is 0 Å². The molecule has 1 unspecified atom stereocenters. The van der Waals surface area contributed by atoms with Gasteiger partial charge in [0.15, 0.2) is 28.8 Å². The van der Waals surface area contributed by atoms with Gasteiger partial charge in [-0.2, -0.15) is 0 Å². The molecule has 3 rings (SSSR count). The Kier molecular flexibility index (Phi) is 25.8. The van der Waals surface area contributed by atoms with Crippen molar-refractivity contribution in [1.29, 1.82) is 5.41 Å². The molecule has 2 aromatic rings. The van der Waals surface area contributed by atoms with Gasteiger partial charge in [-0.15, -0.1) is 0 Å². The van der Waals surface area contributed by atoms with Gasteiger partial charge in [0.05, 0.1) is 19.8 Å². The number of methoxy groups -OCH3 is 1. The first-order valence-electron chi connectivity index (χ1n) is 28.4. The summed E-state index contributed by atoms with van der Waals surface area (Å²) in [6.07, 6.45) is -6.39. The number of aromatic nitrogens is 2. The zero-order chi connectivity index (χ0) is 63.3. The monoisotopic (exact) mass is 1210 g/mol. The summed E-state index contributed by atoms with van der Waals surface area (Å²) >= 11 is 0. The number of esters is 1. The lowest BCUT2D eigenvalue weighted by Gasteiger charge is -2.44. The fourth-order valence-electron chi connectivity index (χ4n) is 8.40. The maximum Gasteiger partial charge on any atom is 0.333 e. The van der Waals surface area contributed by atoms with Crippen LogP contribution in [0.1, 0.15) is 121 Å². The molecule has 0 aliphatic carbocycles. The van der Waals surface area contributed by atoms with Gasteiger partial charge >= 0.3 is 23.7 Å². The van der Waals surface area contributed by atoms with Gasteiger partial charge in [-0.3, -0.25) is 33.7 Å². The van der Waals surface area contributed by atoms with Crippen LogP contribution < -0.4 is 53.6 Å². The minimum absolute atomic E-state index is 0.0300. The number of nitrogens with zero attached hydrogens (tertiary/aromatic N) is 2. The number of benzene rings is 1. The van der Waals surface area contributed by atoms with Crippen LogP contribution in [0, 0.1) is 17.2 Å². The third-order valence-corrected chi connectivity index (χ3v) is 24.3. The molecular weight excluding hydrogens is 1110 g/mol. The molecule has 1 aromatic carbocycles. The molecular formula is C56H98N10O15Si2. The molecule has 2 heterocycles. The third kappa shape index (κ3) is 20.5. The van der Waals surface area contributed by atoms with Crippen LogP contribution >= 0.6 is 0 Å². The molecule has 0 saturated carbocycles. The van der Waals surface area contributed by atoms with E-state index in [2.05, 4.69) is 52.7 Å². The largest absolute Gasteiger partial charge is 0.497 e. The number of nitrogens with two attached hydrogens (primary N) is 1. The SMILES string of the molecule is COc1ccc(Cn2c(=O)ccn([C@@H]3O[C@H](C(O)[C@H](NCCCNC(=O)[C@@H](NC(=O)[C@H](CCCNC(=N)N)NC(=O)N[C@H](C(=O)O)C(C)C)[C@@H](O)C(C)C)C(=O)OC(C)(C)C)[C@@H](O[Si](C)(C)C(C)(C)C)[C@H]3O[Si](C)(C)C(C)(C)C)c2=O)cc1. The molecule has 470 valence electrons. The molecule has 1 aliphatic heterocycles. The van der Waals surface area contributed by atoms with Crippen LogP contribution in [0.15, 0.2) is 46.1 Å². The Morgan fingerprint density at radius 2 is 1.31 bits per heavy atom. The second-order valence-corrected chi connectivity index (χ2v) is 35.5. The summed E-state index contributed by atoms with van der Waals surface area (Å²) in [5.41, 5.74) is 3.74. The first kappa shape index (κ1) is 71.6. The molecule has 1 aliphatic rings. The fraction of sp³-hybridized carbons (Fsp3) is 0.714. The van der Waals surface area contributed by atoms with Crippen molar-refractivity contribution < 1.29 is 62.4 Å². The van der Waals surface area contributed by atoms with Gasteiger partial charge < -0.3 is 76.0 Å². The molecule has 0 spiro atoms. The van der Waals surface area contributed by atoms with E-state index >= 15 is 0 Å². The van der Waals surface area contributed by atoms with Crippen LogP contribution in [0.5, 0.6) is 5.75 Å². The Morgan fingerprint density at radius 3 is 1.82 bits per heavy atom. The number of urea groups is 1. The normalized spacial score (nSPS) is 19.2. The van der Waals surface area contributed by atoms with Crippen molar-refractivity contribution in [2.24, 2.45) is 17.6 Å². The van der Waals surface area contributed by atoms with Crippen molar-refractivity contribution in [3.63, 3.8) is 0 Å². The predicted octanol–water partition coefficient (Wildman–Crippen LogP) is 3.45. The second-order valence-electron chi connectivity index (χ2n) is 26.0. The minimum atomic E-state index is -2.85. The molecule has 1 aromatic heterocycles. The van der Waals surface area contributed by atoms with Crippen molar-refractivity contribution in [3.8, 4) is 5.75 Å². The van der Waals surface area contributed by atoms with Gasteiger partial charge in [0.25, 0.3) is 5.56 Å². The van der Waals surface area contributed by atoms with Gasteiger partial charge in [0, 0.05) is 25.4 Å². The number of rotatable bonds is 29. The minimum Gasteiger partial charge on any atom is -0.497 e. The molecule has 4 amide bonds. The Labute approximate surface area is 491 Å². The van der Waals surface area contributed by atoms with Crippen LogP contribution in [0.4, 0.5) is 4.79 Å². The number of guanidine groups is 1. The number of ether oxygens (including phenoxy) is 3. The van der Waals surface area contributed by atoms with Gasteiger partial charge in [-0.05, 0) is 112 Å². The smallest absolute Gasteiger partial charge is 0.333 e. The van der Waals surface area contributed by atoms with E-state index in [1.807, 2.05) is 47.0 Å². The van der Waals surface area contributed by atoms with Gasteiger partial charge in [-0.1, -0.05) is 81.4 Å². The molecule has 0 bridgehead atoms. The number of carboxylic acid groups (broad SMARTS) is 1. The van der Waals surface area contributed by atoms with E-state index in [-0.39, 0.29) is 56.4 Å². The van der Waals surface area contributed by atoms with Crippen LogP contribution in [-0.4, -0.2) is 164 Å². The van der Waals surface area contributed by atoms with E-state index in [4.69, 9.17) is 34.2 Å². The highest BCUT2D eigenvalue weighted by Crippen LogP contribution is 2.46. The highest BCUT2D eigenvalue weighted by atomic mass is 28.4. The molecule has 10 atom stereocenters. The number of amides is 4. The van der Waals surface area contributed by atoms with Gasteiger partial charge in [0.2, 0.25) is 11.8 Å². The standard InChI is InChI=1S/C56H98N10O15Si2/c1-32(2)38(49(72)73)64-52(75)62-36(21-19-27-61-51(57)58)46(70)63-39(41(68)33(3)4)47(71)60-29-20-28-59-40(50(74)79-54(5,6)7)42(69)43-44(80-82(15,16)55(8,9)10)45(81-83(17,18)56(11,12)13)48(78-43)65-30-26-37(67)66(53(65)76)31-34-22-24-35(77-14)25-23-34/h22-26,30,32-33,36,38-45,48,59,68-69H,19-21,27-29,31H2,1-18H3,(H,60,71)(H,63,70)(H,72,73)(H4,57,58,61)(H2,62,64,75)/t36-,38-,39-,40-,41-,42?,43+,44+,45+,48+/m0/s1. The van der Waals surface area contributed by atoms with Crippen molar-refractivity contribution in [3.05, 3.63) is 62.9 Å². The number of carbonyl (C=O) groups is 5. The summed E-state index contributed by atoms with van der Waals surface area (Å²) in [6.45, 7) is 31.9. The van der Waals surface area contributed by atoms with Crippen LogP contribution in [-0.2, 0) is 44.0 Å². The van der Waals surface area contributed by atoms with E-state index in [0.717, 1.165) is 4.57 Å². The van der Waals surface area contributed by atoms with E-state index in [1.54, 1.807) is 72.7 Å². The predicted molar refractivity (Wildman–Crippen MR) is 320 cm³/mol. The summed E-state index contributed by atoms with van der Waals surface area (Å²) in [5, 5.41) is 56.3. The second kappa shape index (κ2) is 29.9. The molecule has 0 radical (unpaired) electrons. The Balaban J connectivity index is 2.05. The van der Waals surface area contributed by atoms with Crippen LogP contribution in [0.3, 0.4) is 0 Å². The lowest BCUT2D eigenvalue weighted by molar-refractivity contribution is -0.166. The highest BCUT2D eigenvalue weighted by molar-refractivity contribution is 6.74. The number of nitrogens with one attached hydrogen (secondary N) is 7. The van der Waals surface area contributed by atoms with E-state index < -0.39 is 141 Å². The lowest BCUT2D eigenvalue weighted by Crippen LogP contribution is -2.60. The van der Waals surface area contributed by atoms with Crippen molar-refractivity contribution in [2.75, 3.05) is 26.7 Å². The zero-order valence-electron chi connectivity index (χ0n) is 52.1. The van der Waals surface area contributed by atoms with E-state index in [1.165, 1.54) is 23.9 Å². The number of hydrogen-bond acceptors (Lipinski definition) is 16. The maximum atomic E-state index is 14.7. The Hall–Kier alpha value is -5.69. The number of carbonyl (C=O) groups excluding carboxylic acids is 4. The van der Waals surface area contributed by atoms with Crippen molar-refractivity contribution in [2.45, 2.75) is 219 Å². The highest BCUT2D eigenvalue weighted by Gasteiger charge is 2.58. The molecule has 1 fully saturated rings. The number of carboxylic acids is 1. The first-order chi connectivity index (χ1) is 38.1. The third-order valence-electron chi connectivity index (χ3n) is 15.4.